The van der Waals surface area contributed by atoms with E-state index in [0.29, 0.717) is 24.6 Å². The van der Waals surface area contributed by atoms with E-state index in [2.05, 4.69) is 35.1 Å². The maximum atomic E-state index is 12.1. The van der Waals surface area contributed by atoms with Gasteiger partial charge in [-0.25, -0.2) is 4.99 Å². The average Bonchev–Trinajstić information content (AvgIpc) is 3.13. The van der Waals surface area contributed by atoms with Crippen LogP contribution in [0.1, 0.15) is 42.5 Å². The van der Waals surface area contributed by atoms with E-state index < -0.39 is 12.8 Å². The fourth-order valence-corrected chi connectivity index (χ4v) is 3.20. The third-order valence-electron chi connectivity index (χ3n) is 4.67. The van der Waals surface area contributed by atoms with Gasteiger partial charge in [-0.3, -0.25) is 0 Å². The van der Waals surface area contributed by atoms with E-state index in [-0.39, 0.29) is 30.6 Å². The Morgan fingerprint density at radius 2 is 1.87 bits per heavy atom. The Balaban J connectivity index is 0.00000341. The minimum atomic E-state index is -4.31. The largest absolute Gasteiger partial charge is 0.411 e. The summed E-state index contributed by atoms with van der Waals surface area (Å²) in [5, 5.41) is 15.0. The van der Waals surface area contributed by atoms with Gasteiger partial charge in [0.2, 0.25) is 0 Å². The number of hydrogen-bond acceptors (Lipinski definition) is 4. The minimum Gasteiger partial charge on any atom is -0.367 e. The van der Waals surface area contributed by atoms with Crippen molar-refractivity contribution in [2.75, 3.05) is 13.2 Å². The number of nitrogens with one attached hydrogen (secondary N) is 2. The van der Waals surface area contributed by atoms with Crippen molar-refractivity contribution in [3.63, 3.8) is 0 Å². The van der Waals surface area contributed by atoms with Crippen LogP contribution in [-0.2, 0) is 37.4 Å². The molecule has 0 saturated heterocycles. The molecule has 1 aliphatic heterocycles. The maximum absolute atomic E-state index is 12.1. The zero-order valence-electron chi connectivity index (χ0n) is 17.4. The molecular weight excluding hydrogens is 524 g/mol. The zero-order valence-corrected chi connectivity index (χ0v) is 19.7. The van der Waals surface area contributed by atoms with Gasteiger partial charge in [-0.2, -0.15) is 13.2 Å². The predicted octanol–water partition coefficient (Wildman–Crippen LogP) is 3.57. The molecular formula is C20H28F3IN6O. The molecule has 172 valence electrons. The topological polar surface area (TPSA) is 76.4 Å². The number of alkyl halides is 3. The lowest BCUT2D eigenvalue weighted by Gasteiger charge is -2.16. The summed E-state index contributed by atoms with van der Waals surface area (Å²) in [6.45, 7) is 3.32. The van der Waals surface area contributed by atoms with Crippen LogP contribution < -0.4 is 10.6 Å². The summed E-state index contributed by atoms with van der Waals surface area (Å²) >= 11 is 0. The molecule has 1 aromatic heterocycles. The molecule has 0 radical (unpaired) electrons. The lowest BCUT2D eigenvalue weighted by molar-refractivity contribution is -0.176. The minimum absolute atomic E-state index is 0. The van der Waals surface area contributed by atoms with Crippen molar-refractivity contribution >= 4 is 29.9 Å². The number of ether oxygens (including phenoxy) is 1. The molecule has 0 unspecified atom stereocenters. The maximum Gasteiger partial charge on any atom is 0.411 e. The molecule has 2 heterocycles. The van der Waals surface area contributed by atoms with E-state index in [1.54, 1.807) is 12.1 Å². The van der Waals surface area contributed by atoms with Crippen LogP contribution in [0.3, 0.4) is 0 Å². The van der Waals surface area contributed by atoms with Crippen LogP contribution in [0, 0.1) is 0 Å². The van der Waals surface area contributed by atoms with E-state index in [0.717, 1.165) is 49.6 Å². The van der Waals surface area contributed by atoms with E-state index in [9.17, 15) is 13.2 Å². The SMILES string of the molecule is CCNC(=NCc1ccc(COCC(F)(F)F)cc1)NCc1nnc2n1CCCC2.I. The van der Waals surface area contributed by atoms with Crippen molar-refractivity contribution in [3.8, 4) is 0 Å². The van der Waals surface area contributed by atoms with Gasteiger partial charge in [-0.15, -0.1) is 34.2 Å². The second kappa shape index (κ2) is 12.2. The average molecular weight is 552 g/mol. The Morgan fingerprint density at radius 3 is 2.58 bits per heavy atom. The van der Waals surface area contributed by atoms with Gasteiger partial charge in [0.25, 0.3) is 0 Å². The Kier molecular flexibility index (Phi) is 10.0. The van der Waals surface area contributed by atoms with Crippen LogP contribution in [0.2, 0.25) is 0 Å². The van der Waals surface area contributed by atoms with Gasteiger partial charge >= 0.3 is 6.18 Å². The van der Waals surface area contributed by atoms with Crippen molar-refractivity contribution in [3.05, 3.63) is 47.0 Å². The first kappa shape index (κ1) is 25.4. The summed E-state index contributed by atoms with van der Waals surface area (Å²) < 4.78 is 43.3. The molecule has 0 bridgehead atoms. The number of aryl methyl sites for hydroxylation is 1. The normalized spacial score (nSPS) is 14.0. The summed E-state index contributed by atoms with van der Waals surface area (Å²) in [6, 6.07) is 7.19. The lowest BCUT2D eigenvalue weighted by atomic mass is 10.1. The van der Waals surface area contributed by atoms with Gasteiger partial charge in [0.1, 0.15) is 12.4 Å². The number of fused-ring (bicyclic) bond motifs is 1. The van der Waals surface area contributed by atoms with Crippen LogP contribution in [-0.4, -0.2) is 40.1 Å². The highest BCUT2D eigenvalue weighted by Gasteiger charge is 2.27. The Hall–Kier alpha value is -1.89. The Bertz CT molecular complexity index is 838. The second-order valence-electron chi connectivity index (χ2n) is 7.11. The molecule has 31 heavy (non-hydrogen) atoms. The third kappa shape index (κ3) is 8.28. The number of hydrogen-bond donors (Lipinski definition) is 2. The quantitative estimate of drug-likeness (QED) is 0.298. The molecule has 0 amide bonds. The van der Waals surface area contributed by atoms with Gasteiger partial charge < -0.3 is 19.9 Å². The molecule has 0 saturated carbocycles. The van der Waals surface area contributed by atoms with E-state index in [1.165, 1.54) is 0 Å². The molecule has 1 aliphatic rings. The van der Waals surface area contributed by atoms with Crippen molar-refractivity contribution in [1.29, 1.82) is 0 Å². The van der Waals surface area contributed by atoms with E-state index >= 15 is 0 Å². The smallest absolute Gasteiger partial charge is 0.367 e. The first-order chi connectivity index (χ1) is 14.4. The monoisotopic (exact) mass is 552 g/mol. The first-order valence-electron chi connectivity index (χ1n) is 10.1. The number of benzene rings is 1. The highest BCUT2D eigenvalue weighted by molar-refractivity contribution is 14.0. The molecule has 2 N–H and O–H groups in total. The fraction of sp³-hybridized carbons (Fsp3) is 0.550. The van der Waals surface area contributed by atoms with Gasteiger partial charge in [0.15, 0.2) is 11.8 Å². The number of nitrogens with zero attached hydrogens (tertiary/aromatic N) is 4. The Morgan fingerprint density at radius 1 is 1.13 bits per heavy atom. The summed E-state index contributed by atoms with van der Waals surface area (Å²) in [5.74, 6) is 2.61. The molecule has 11 heteroatoms. The van der Waals surface area contributed by atoms with Gasteiger partial charge in [0.05, 0.1) is 19.7 Å². The zero-order chi connectivity index (χ0) is 21.4. The number of aliphatic imine (C=N–C) groups is 1. The highest BCUT2D eigenvalue weighted by Crippen LogP contribution is 2.16. The summed E-state index contributed by atoms with van der Waals surface area (Å²) in [6.07, 6.45) is -1.04. The van der Waals surface area contributed by atoms with Gasteiger partial charge in [-0.1, -0.05) is 24.3 Å². The lowest BCUT2D eigenvalue weighted by Crippen LogP contribution is -2.37. The van der Waals surface area contributed by atoms with Crippen molar-refractivity contribution in [2.24, 2.45) is 4.99 Å². The summed E-state index contributed by atoms with van der Waals surface area (Å²) in [5.41, 5.74) is 1.64. The van der Waals surface area contributed by atoms with Crippen molar-refractivity contribution in [1.82, 2.24) is 25.4 Å². The van der Waals surface area contributed by atoms with Crippen LogP contribution >= 0.6 is 24.0 Å². The second-order valence-corrected chi connectivity index (χ2v) is 7.11. The number of rotatable bonds is 8. The van der Waals surface area contributed by atoms with Crippen molar-refractivity contribution in [2.45, 2.75) is 58.6 Å². The van der Waals surface area contributed by atoms with Gasteiger partial charge in [-0.05, 0) is 30.9 Å². The predicted molar refractivity (Wildman–Crippen MR) is 122 cm³/mol. The summed E-state index contributed by atoms with van der Waals surface area (Å²) in [4.78, 5) is 4.58. The van der Waals surface area contributed by atoms with Crippen molar-refractivity contribution < 1.29 is 17.9 Å². The van der Waals surface area contributed by atoms with Crippen LogP contribution in [0.5, 0.6) is 0 Å². The number of guanidine groups is 1. The molecule has 7 nitrogen and oxygen atoms in total. The fourth-order valence-electron chi connectivity index (χ4n) is 3.20. The van der Waals surface area contributed by atoms with E-state index in [1.807, 2.05) is 19.1 Å². The van der Waals surface area contributed by atoms with Crippen LogP contribution in [0.4, 0.5) is 13.2 Å². The molecule has 0 spiro atoms. The molecule has 0 fully saturated rings. The van der Waals surface area contributed by atoms with Gasteiger partial charge in [0, 0.05) is 19.5 Å². The molecule has 1 aromatic carbocycles. The number of aromatic nitrogens is 3. The number of halogens is 4. The summed E-state index contributed by atoms with van der Waals surface area (Å²) in [7, 11) is 0. The molecule has 0 atom stereocenters. The van der Waals surface area contributed by atoms with E-state index in [4.69, 9.17) is 0 Å². The molecule has 0 aliphatic carbocycles. The highest BCUT2D eigenvalue weighted by atomic mass is 127. The first-order valence-corrected chi connectivity index (χ1v) is 10.1. The molecule has 2 aromatic rings. The van der Waals surface area contributed by atoms with Crippen LogP contribution in [0.25, 0.3) is 0 Å². The third-order valence-corrected chi connectivity index (χ3v) is 4.67. The van der Waals surface area contributed by atoms with Crippen LogP contribution in [0.15, 0.2) is 29.3 Å². The molecule has 3 rings (SSSR count). The standard InChI is InChI=1S/C20H27F3N6O.HI/c1-2-24-19(26-12-18-28-27-17-5-3-4-10-29(17)18)25-11-15-6-8-16(9-7-15)13-30-14-20(21,22)23;/h6-9H,2-5,10-14H2,1H3,(H2,24,25,26);1H. The Labute approximate surface area is 196 Å².